The molecule has 0 aromatic heterocycles. The Balaban J connectivity index is 2.61. The quantitative estimate of drug-likeness (QED) is 0.757. The number of nitrogens with one attached hydrogen (secondary N) is 1. The summed E-state index contributed by atoms with van der Waals surface area (Å²) < 4.78 is 19.5. The third kappa shape index (κ3) is 5.19. The summed E-state index contributed by atoms with van der Waals surface area (Å²) in [7, 11) is 0. The average molecular weight is 267 g/mol. The van der Waals surface area contributed by atoms with Gasteiger partial charge in [-0.25, -0.2) is 4.39 Å². The van der Waals surface area contributed by atoms with Gasteiger partial charge in [0.15, 0.2) is 11.6 Å². The van der Waals surface area contributed by atoms with Crippen molar-refractivity contribution in [3.05, 3.63) is 29.6 Å². The number of benzene rings is 1. The standard InChI is InChI=1S/C16H26FNO/c1-5-7-12(3)11-19-16-9-8-14(10-15(16)17)13(4)18-6-2/h8-10,12-13,18H,5-7,11H2,1-4H3. The summed E-state index contributed by atoms with van der Waals surface area (Å²) in [6.07, 6.45) is 2.24. The highest BCUT2D eigenvalue weighted by atomic mass is 19.1. The van der Waals surface area contributed by atoms with E-state index in [1.54, 1.807) is 12.1 Å². The van der Waals surface area contributed by atoms with Gasteiger partial charge in [0.25, 0.3) is 0 Å². The second kappa shape index (κ2) is 8.16. The van der Waals surface area contributed by atoms with Crippen LogP contribution >= 0.6 is 0 Å². The summed E-state index contributed by atoms with van der Waals surface area (Å²) in [6.45, 7) is 9.79. The van der Waals surface area contributed by atoms with Gasteiger partial charge in [0.05, 0.1) is 6.61 Å². The first kappa shape index (κ1) is 16.0. The Morgan fingerprint density at radius 1 is 1.26 bits per heavy atom. The molecule has 0 amide bonds. The molecule has 2 nitrogen and oxygen atoms in total. The van der Waals surface area contributed by atoms with Crippen molar-refractivity contribution in [2.45, 2.75) is 46.6 Å². The molecule has 1 aromatic carbocycles. The summed E-state index contributed by atoms with van der Waals surface area (Å²) in [5.41, 5.74) is 0.952. The fourth-order valence-corrected chi connectivity index (χ4v) is 2.14. The summed E-state index contributed by atoms with van der Waals surface area (Å²) >= 11 is 0. The zero-order chi connectivity index (χ0) is 14.3. The first-order chi connectivity index (χ1) is 9.08. The Hall–Kier alpha value is -1.09. The van der Waals surface area contributed by atoms with E-state index < -0.39 is 0 Å². The van der Waals surface area contributed by atoms with Crippen LogP contribution in [0.4, 0.5) is 4.39 Å². The van der Waals surface area contributed by atoms with Crippen LogP contribution < -0.4 is 10.1 Å². The first-order valence-electron chi connectivity index (χ1n) is 7.24. The molecule has 19 heavy (non-hydrogen) atoms. The Morgan fingerprint density at radius 2 is 2.00 bits per heavy atom. The Morgan fingerprint density at radius 3 is 2.58 bits per heavy atom. The molecular formula is C16H26FNO. The van der Waals surface area contributed by atoms with Gasteiger partial charge in [0.1, 0.15) is 0 Å². The van der Waals surface area contributed by atoms with Crippen molar-refractivity contribution in [3.63, 3.8) is 0 Å². The zero-order valence-corrected chi connectivity index (χ0v) is 12.5. The van der Waals surface area contributed by atoms with E-state index >= 15 is 0 Å². The van der Waals surface area contributed by atoms with Crippen molar-refractivity contribution in [1.29, 1.82) is 0 Å². The molecule has 1 rings (SSSR count). The Labute approximate surface area is 116 Å². The monoisotopic (exact) mass is 267 g/mol. The molecule has 1 aromatic rings. The van der Waals surface area contributed by atoms with E-state index in [0.717, 1.165) is 24.9 Å². The molecule has 108 valence electrons. The van der Waals surface area contributed by atoms with Crippen LogP contribution in [0, 0.1) is 11.7 Å². The van der Waals surface area contributed by atoms with Crippen LogP contribution in [0.3, 0.4) is 0 Å². The molecule has 2 atom stereocenters. The number of hydrogen-bond donors (Lipinski definition) is 1. The molecule has 0 spiro atoms. The van der Waals surface area contributed by atoms with Gasteiger partial charge < -0.3 is 10.1 Å². The molecule has 0 radical (unpaired) electrons. The minimum Gasteiger partial charge on any atom is -0.490 e. The third-order valence-corrected chi connectivity index (χ3v) is 3.27. The lowest BCUT2D eigenvalue weighted by Gasteiger charge is -2.16. The molecule has 0 fully saturated rings. The van der Waals surface area contributed by atoms with Gasteiger partial charge in [-0.2, -0.15) is 0 Å². The molecule has 1 N–H and O–H groups in total. The molecule has 0 aliphatic heterocycles. The molecule has 0 heterocycles. The summed E-state index contributed by atoms with van der Waals surface area (Å²) in [5, 5.41) is 3.27. The van der Waals surface area contributed by atoms with Gasteiger partial charge >= 0.3 is 0 Å². The third-order valence-electron chi connectivity index (χ3n) is 3.27. The molecule has 0 aliphatic carbocycles. The van der Waals surface area contributed by atoms with Crippen molar-refractivity contribution in [1.82, 2.24) is 5.32 Å². The number of rotatable bonds is 8. The first-order valence-corrected chi connectivity index (χ1v) is 7.24. The van der Waals surface area contributed by atoms with Crippen LogP contribution in [0.1, 0.15) is 52.1 Å². The smallest absolute Gasteiger partial charge is 0.165 e. The zero-order valence-electron chi connectivity index (χ0n) is 12.5. The predicted octanol–water partition coefficient (Wildman–Crippen LogP) is 4.31. The van der Waals surface area contributed by atoms with Gasteiger partial charge in [-0.15, -0.1) is 0 Å². The lowest BCUT2D eigenvalue weighted by atomic mass is 10.1. The van der Waals surface area contributed by atoms with E-state index in [4.69, 9.17) is 4.74 Å². The maximum Gasteiger partial charge on any atom is 0.165 e. The predicted molar refractivity (Wildman–Crippen MR) is 78.1 cm³/mol. The molecule has 0 bridgehead atoms. The summed E-state index contributed by atoms with van der Waals surface area (Å²) in [5.74, 6) is 0.547. The van der Waals surface area contributed by atoms with E-state index in [9.17, 15) is 4.39 Å². The van der Waals surface area contributed by atoms with Crippen LogP contribution in [-0.2, 0) is 0 Å². The average Bonchev–Trinajstić information content (AvgIpc) is 2.38. The van der Waals surface area contributed by atoms with Crippen molar-refractivity contribution in [3.8, 4) is 5.75 Å². The van der Waals surface area contributed by atoms with E-state index in [1.165, 1.54) is 0 Å². The van der Waals surface area contributed by atoms with Crippen LogP contribution in [0.15, 0.2) is 18.2 Å². The van der Waals surface area contributed by atoms with Crippen molar-refractivity contribution in [2.75, 3.05) is 13.2 Å². The topological polar surface area (TPSA) is 21.3 Å². The highest BCUT2D eigenvalue weighted by Crippen LogP contribution is 2.22. The number of ether oxygens (including phenoxy) is 1. The molecule has 2 unspecified atom stereocenters. The molecule has 0 saturated heterocycles. The maximum atomic E-state index is 13.9. The highest BCUT2D eigenvalue weighted by molar-refractivity contribution is 5.30. The molecule has 0 saturated carbocycles. The van der Waals surface area contributed by atoms with E-state index in [1.807, 2.05) is 19.9 Å². The Kier molecular flexibility index (Phi) is 6.85. The van der Waals surface area contributed by atoms with Crippen LogP contribution in [0.2, 0.25) is 0 Å². The van der Waals surface area contributed by atoms with E-state index in [-0.39, 0.29) is 11.9 Å². The minimum absolute atomic E-state index is 0.160. The van der Waals surface area contributed by atoms with Gasteiger partial charge in [-0.3, -0.25) is 0 Å². The van der Waals surface area contributed by atoms with Gasteiger partial charge in [0, 0.05) is 6.04 Å². The van der Waals surface area contributed by atoms with Crippen LogP contribution in [0.5, 0.6) is 5.75 Å². The second-order valence-corrected chi connectivity index (χ2v) is 5.17. The number of hydrogen-bond acceptors (Lipinski definition) is 2. The molecule has 3 heteroatoms. The fraction of sp³-hybridized carbons (Fsp3) is 0.625. The van der Waals surface area contributed by atoms with Crippen molar-refractivity contribution < 1.29 is 9.13 Å². The second-order valence-electron chi connectivity index (χ2n) is 5.17. The maximum absolute atomic E-state index is 13.9. The van der Waals surface area contributed by atoms with Gasteiger partial charge in [-0.05, 0) is 43.5 Å². The van der Waals surface area contributed by atoms with Crippen LogP contribution in [0.25, 0.3) is 0 Å². The Bertz CT molecular complexity index is 381. The van der Waals surface area contributed by atoms with Crippen LogP contribution in [-0.4, -0.2) is 13.2 Å². The van der Waals surface area contributed by atoms with Gasteiger partial charge in [-0.1, -0.05) is 33.3 Å². The largest absolute Gasteiger partial charge is 0.490 e. The SMILES string of the molecule is CCCC(C)COc1ccc(C(C)NCC)cc1F. The summed E-state index contributed by atoms with van der Waals surface area (Å²) in [4.78, 5) is 0. The van der Waals surface area contributed by atoms with E-state index in [0.29, 0.717) is 18.3 Å². The van der Waals surface area contributed by atoms with Crippen molar-refractivity contribution >= 4 is 0 Å². The molecule has 0 aliphatic rings. The highest BCUT2D eigenvalue weighted by Gasteiger charge is 2.10. The van der Waals surface area contributed by atoms with Gasteiger partial charge in [0.2, 0.25) is 0 Å². The summed E-state index contributed by atoms with van der Waals surface area (Å²) in [6, 6.07) is 5.38. The minimum atomic E-state index is -0.272. The molecular weight excluding hydrogens is 241 g/mol. The van der Waals surface area contributed by atoms with E-state index in [2.05, 4.69) is 19.2 Å². The fourth-order valence-electron chi connectivity index (χ4n) is 2.14. The normalized spacial score (nSPS) is 14.2. The number of halogens is 1. The van der Waals surface area contributed by atoms with Crippen molar-refractivity contribution in [2.24, 2.45) is 5.92 Å². The lowest BCUT2D eigenvalue weighted by molar-refractivity contribution is 0.241. The lowest BCUT2D eigenvalue weighted by Crippen LogP contribution is -2.18.